The summed E-state index contributed by atoms with van der Waals surface area (Å²) in [5, 5.41) is 2.61. The molecule has 3 nitrogen and oxygen atoms in total. The summed E-state index contributed by atoms with van der Waals surface area (Å²) in [6, 6.07) is 0.145. The Kier molecular flexibility index (Phi) is 9.65. The lowest BCUT2D eigenvalue weighted by Gasteiger charge is -2.11. The van der Waals surface area contributed by atoms with Gasteiger partial charge in [0.1, 0.15) is 0 Å². The van der Waals surface area contributed by atoms with Gasteiger partial charge in [-0.3, -0.25) is 0 Å². The average molecular weight is 175 g/mol. The minimum Gasteiger partial charge on any atom is -0.447 e. The molecule has 0 rings (SSSR count). The zero-order valence-corrected chi connectivity index (χ0v) is 8.97. The molecule has 0 aliphatic carbocycles. The number of carbonyl (C=O) groups is 1. The number of amides is 1. The first-order valence-corrected chi connectivity index (χ1v) is 4.49. The Morgan fingerprint density at radius 1 is 1.17 bits per heavy atom. The monoisotopic (exact) mass is 175 g/mol. The predicted molar refractivity (Wildman–Crippen MR) is 51.2 cm³/mol. The second-order valence-electron chi connectivity index (χ2n) is 2.75. The van der Waals surface area contributed by atoms with Crippen molar-refractivity contribution in [1.29, 1.82) is 0 Å². The number of hydrogen-bond acceptors (Lipinski definition) is 2. The van der Waals surface area contributed by atoms with Crippen molar-refractivity contribution >= 4 is 6.09 Å². The Morgan fingerprint density at radius 3 is 1.83 bits per heavy atom. The highest BCUT2D eigenvalue weighted by atomic mass is 16.6. The minimum atomic E-state index is -0.343. The zero-order chi connectivity index (χ0) is 10.1. The quantitative estimate of drug-likeness (QED) is 0.700. The van der Waals surface area contributed by atoms with Crippen LogP contribution in [0.2, 0.25) is 0 Å². The van der Waals surface area contributed by atoms with Gasteiger partial charge in [-0.2, -0.15) is 0 Å². The lowest BCUT2D eigenvalue weighted by atomic mass is 10.4. The van der Waals surface area contributed by atoms with E-state index < -0.39 is 0 Å². The average Bonchev–Trinajstić information content (AvgIpc) is 1.87. The van der Waals surface area contributed by atoms with Gasteiger partial charge >= 0.3 is 6.09 Å². The first-order chi connectivity index (χ1) is 5.52. The second kappa shape index (κ2) is 8.37. The molecule has 74 valence electrons. The van der Waals surface area contributed by atoms with Crippen molar-refractivity contribution in [2.24, 2.45) is 0 Å². The molecule has 0 aromatic rings. The number of hydrogen-bond donors (Lipinski definition) is 1. The van der Waals surface area contributed by atoms with E-state index >= 15 is 0 Å². The van der Waals surface area contributed by atoms with E-state index in [0.29, 0.717) is 0 Å². The molecule has 0 saturated carbocycles. The van der Waals surface area contributed by atoms with Gasteiger partial charge in [0, 0.05) is 6.04 Å². The molecular weight excluding hydrogens is 154 g/mol. The summed E-state index contributed by atoms with van der Waals surface area (Å²) in [5.74, 6) is 0. The van der Waals surface area contributed by atoms with Gasteiger partial charge in [0.15, 0.2) is 0 Å². The van der Waals surface area contributed by atoms with Crippen LogP contribution in [0, 0.1) is 0 Å². The number of carbonyl (C=O) groups excluding carboxylic acids is 1. The first kappa shape index (κ1) is 13.8. The van der Waals surface area contributed by atoms with Crippen LogP contribution < -0.4 is 5.32 Å². The van der Waals surface area contributed by atoms with E-state index in [2.05, 4.69) is 5.32 Å². The fourth-order valence-electron chi connectivity index (χ4n) is 0.484. The predicted octanol–water partition coefficient (Wildman–Crippen LogP) is 2.56. The van der Waals surface area contributed by atoms with Crippen LogP contribution in [0.5, 0.6) is 0 Å². The van der Waals surface area contributed by atoms with Crippen molar-refractivity contribution in [3.8, 4) is 0 Å². The Labute approximate surface area is 75.5 Å². The van der Waals surface area contributed by atoms with Crippen molar-refractivity contribution in [1.82, 2.24) is 5.32 Å². The van der Waals surface area contributed by atoms with E-state index in [0.717, 1.165) is 0 Å². The molecule has 1 amide bonds. The standard InChI is InChI=1S/C7H15NO2.C2H6/c1-5(2)8-7(9)10-6(3)4;1-2/h5-6H,1-4H3,(H,8,9);1-2H3. The zero-order valence-electron chi connectivity index (χ0n) is 8.97. The van der Waals surface area contributed by atoms with Crippen LogP contribution in [-0.4, -0.2) is 18.2 Å². The Bertz CT molecular complexity index is 99.1. The molecule has 0 spiro atoms. The van der Waals surface area contributed by atoms with Crippen molar-refractivity contribution in [3.05, 3.63) is 0 Å². The smallest absolute Gasteiger partial charge is 0.407 e. The van der Waals surface area contributed by atoms with Gasteiger partial charge in [0.25, 0.3) is 0 Å². The van der Waals surface area contributed by atoms with Gasteiger partial charge in [0.2, 0.25) is 0 Å². The molecule has 12 heavy (non-hydrogen) atoms. The number of ether oxygens (including phenoxy) is 1. The van der Waals surface area contributed by atoms with Crippen molar-refractivity contribution in [3.63, 3.8) is 0 Å². The molecule has 3 heteroatoms. The summed E-state index contributed by atoms with van der Waals surface area (Å²) in [6.45, 7) is 11.4. The highest BCUT2D eigenvalue weighted by Crippen LogP contribution is 1.89. The number of alkyl carbamates (subject to hydrolysis) is 1. The van der Waals surface area contributed by atoms with Crippen molar-refractivity contribution in [2.45, 2.75) is 53.7 Å². The molecule has 0 aliphatic heterocycles. The van der Waals surface area contributed by atoms with Crippen LogP contribution in [0.3, 0.4) is 0 Å². The Hall–Kier alpha value is -0.730. The summed E-state index contributed by atoms with van der Waals surface area (Å²) in [6.07, 6.45) is -0.385. The van der Waals surface area contributed by atoms with Gasteiger partial charge in [-0.15, -0.1) is 0 Å². The second-order valence-corrected chi connectivity index (χ2v) is 2.75. The van der Waals surface area contributed by atoms with E-state index in [9.17, 15) is 4.79 Å². The molecule has 0 saturated heterocycles. The number of rotatable bonds is 2. The van der Waals surface area contributed by atoms with Gasteiger partial charge in [-0.05, 0) is 27.7 Å². The maximum absolute atomic E-state index is 10.7. The molecule has 0 aromatic heterocycles. The maximum Gasteiger partial charge on any atom is 0.407 e. The molecule has 0 fully saturated rings. The molecule has 0 radical (unpaired) electrons. The summed E-state index contributed by atoms with van der Waals surface area (Å²) >= 11 is 0. The largest absolute Gasteiger partial charge is 0.447 e. The topological polar surface area (TPSA) is 38.3 Å². The maximum atomic E-state index is 10.7. The van der Waals surface area contributed by atoms with E-state index in [1.54, 1.807) is 0 Å². The first-order valence-electron chi connectivity index (χ1n) is 4.49. The van der Waals surface area contributed by atoms with E-state index in [-0.39, 0.29) is 18.2 Å². The molecule has 0 heterocycles. The number of nitrogens with one attached hydrogen (secondary N) is 1. The van der Waals surface area contributed by atoms with Gasteiger partial charge in [-0.25, -0.2) is 4.79 Å². The van der Waals surface area contributed by atoms with Crippen LogP contribution in [0.25, 0.3) is 0 Å². The lowest BCUT2D eigenvalue weighted by Crippen LogP contribution is -2.32. The van der Waals surface area contributed by atoms with Crippen LogP contribution in [-0.2, 0) is 4.74 Å². The third kappa shape index (κ3) is 12.0. The van der Waals surface area contributed by atoms with Gasteiger partial charge in [-0.1, -0.05) is 13.8 Å². The van der Waals surface area contributed by atoms with E-state index in [1.165, 1.54) is 0 Å². The van der Waals surface area contributed by atoms with E-state index in [4.69, 9.17) is 4.74 Å². The molecular formula is C9H21NO2. The Morgan fingerprint density at radius 2 is 1.58 bits per heavy atom. The highest BCUT2D eigenvalue weighted by Gasteiger charge is 2.04. The van der Waals surface area contributed by atoms with Crippen molar-refractivity contribution in [2.75, 3.05) is 0 Å². The third-order valence-corrected chi connectivity index (χ3v) is 0.749. The van der Waals surface area contributed by atoms with Crippen molar-refractivity contribution < 1.29 is 9.53 Å². The summed E-state index contributed by atoms with van der Waals surface area (Å²) in [4.78, 5) is 10.7. The van der Waals surface area contributed by atoms with Gasteiger partial charge < -0.3 is 10.1 Å². The fourth-order valence-corrected chi connectivity index (χ4v) is 0.484. The van der Waals surface area contributed by atoms with E-state index in [1.807, 2.05) is 41.5 Å². The minimum absolute atomic E-state index is 0.0428. The Balaban J connectivity index is 0. The van der Waals surface area contributed by atoms with Crippen LogP contribution in [0.4, 0.5) is 4.79 Å². The molecule has 1 N–H and O–H groups in total. The van der Waals surface area contributed by atoms with Gasteiger partial charge in [0.05, 0.1) is 6.10 Å². The third-order valence-electron chi connectivity index (χ3n) is 0.749. The molecule has 0 unspecified atom stereocenters. The van der Waals surface area contributed by atoms with Crippen LogP contribution in [0.15, 0.2) is 0 Å². The molecule has 0 aliphatic rings. The fraction of sp³-hybridized carbons (Fsp3) is 0.889. The summed E-state index contributed by atoms with van der Waals surface area (Å²) in [5.41, 5.74) is 0. The summed E-state index contributed by atoms with van der Waals surface area (Å²) in [7, 11) is 0. The van der Waals surface area contributed by atoms with Crippen LogP contribution >= 0.6 is 0 Å². The highest BCUT2D eigenvalue weighted by molar-refractivity contribution is 5.67. The molecule has 0 bridgehead atoms. The normalized spacial score (nSPS) is 9.00. The SMILES string of the molecule is CC.CC(C)NC(=O)OC(C)C. The molecule has 0 atom stereocenters. The van der Waals surface area contributed by atoms with Crippen LogP contribution in [0.1, 0.15) is 41.5 Å². The lowest BCUT2D eigenvalue weighted by molar-refractivity contribution is 0.113. The summed E-state index contributed by atoms with van der Waals surface area (Å²) < 4.78 is 4.81. The molecule has 0 aromatic carbocycles.